The topological polar surface area (TPSA) is 26.0 Å². The van der Waals surface area contributed by atoms with E-state index in [1.165, 1.54) is 6.07 Å². The van der Waals surface area contributed by atoms with Gasteiger partial charge in [-0.25, -0.2) is 4.39 Å². The standard InChI is InChI=1S/C9H9ClFN/c10-7-3-5(1-2-8(7)11)6-4-9(6)12/h1-3,6,9H,4,12H2/t6-,9-/m1/s1. The van der Waals surface area contributed by atoms with Crippen LogP contribution in [0.1, 0.15) is 17.9 Å². The lowest BCUT2D eigenvalue weighted by Gasteiger charge is -1.99. The van der Waals surface area contributed by atoms with Crippen molar-refractivity contribution in [1.82, 2.24) is 0 Å². The van der Waals surface area contributed by atoms with E-state index in [2.05, 4.69) is 0 Å². The van der Waals surface area contributed by atoms with Crippen molar-refractivity contribution >= 4 is 11.6 Å². The summed E-state index contributed by atoms with van der Waals surface area (Å²) in [6.07, 6.45) is 0.988. The highest BCUT2D eigenvalue weighted by Gasteiger charge is 2.34. The molecular formula is C9H9ClFN. The van der Waals surface area contributed by atoms with Crippen LogP contribution < -0.4 is 5.73 Å². The first-order valence-electron chi connectivity index (χ1n) is 3.89. The molecule has 1 aromatic rings. The molecule has 2 rings (SSSR count). The highest BCUT2D eigenvalue weighted by molar-refractivity contribution is 6.30. The van der Waals surface area contributed by atoms with Gasteiger partial charge in [0.2, 0.25) is 0 Å². The van der Waals surface area contributed by atoms with E-state index in [0.717, 1.165) is 12.0 Å². The Balaban J connectivity index is 2.29. The van der Waals surface area contributed by atoms with E-state index in [-0.39, 0.29) is 16.9 Å². The van der Waals surface area contributed by atoms with Gasteiger partial charge in [-0.1, -0.05) is 17.7 Å². The number of rotatable bonds is 1. The quantitative estimate of drug-likeness (QED) is 0.714. The summed E-state index contributed by atoms with van der Waals surface area (Å²) in [6, 6.07) is 5.04. The molecule has 0 radical (unpaired) electrons. The second kappa shape index (κ2) is 2.71. The Bertz CT molecular complexity index is 313. The van der Waals surface area contributed by atoms with E-state index in [9.17, 15) is 4.39 Å². The summed E-state index contributed by atoms with van der Waals surface area (Å²) in [6.45, 7) is 0. The molecule has 1 aliphatic rings. The molecule has 0 aliphatic heterocycles. The lowest BCUT2D eigenvalue weighted by Crippen LogP contribution is -2.00. The van der Waals surface area contributed by atoms with E-state index >= 15 is 0 Å². The minimum Gasteiger partial charge on any atom is -0.327 e. The van der Waals surface area contributed by atoms with Crippen LogP contribution in [0.15, 0.2) is 18.2 Å². The molecule has 1 aliphatic carbocycles. The van der Waals surface area contributed by atoms with Gasteiger partial charge in [0.1, 0.15) is 5.82 Å². The normalized spacial score (nSPS) is 27.2. The second-order valence-corrected chi connectivity index (χ2v) is 3.59. The molecule has 1 fully saturated rings. The van der Waals surface area contributed by atoms with Crippen LogP contribution in [0.5, 0.6) is 0 Å². The van der Waals surface area contributed by atoms with E-state index in [1.54, 1.807) is 12.1 Å². The average molecular weight is 186 g/mol. The summed E-state index contributed by atoms with van der Waals surface area (Å²) in [5.74, 6) is 0.0257. The first kappa shape index (κ1) is 8.02. The third kappa shape index (κ3) is 1.32. The lowest BCUT2D eigenvalue weighted by atomic mass is 10.1. The van der Waals surface area contributed by atoms with Crippen molar-refractivity contribution in [3.63, 3.8) is 0 Å². The highest BCUT2D eigenvalue weighted by Crippen LogP contribution is 2.39. The van der Waals surface area contributed by atoms with Gasteiger partial charge in [0.15, 0.2) is 0 Å². The Morgan fingerprint density at radius 3 is 2.67 bits per heavy atom. The average Bonchev–Trinajstić information content (AvgIpc) is 2.73. The van der Waals surface area contributed by atoms with Crippen LogP contribution in [0.25, 0.3) is 0 Å². The smallest absolute Gasteiger partial charge is 0.141 e. The van der Waals surface area contributed by atoms with Crippen LogP contribution in [0.4, 0.5) is 4.39 Å². The highest BCUT2D eigenvalue weighted by atomic mass is 35.5. The maximum atomic E-state index is 12.7. The van der Waals surface area contributed by atoms with Crippen LogP contribution in [-0.2, 0) is 0 Å². The molecule has 1 aromatic carbocycles. The summed E-state index contributed by atoms with van der Waals surface area (Å²) in [5.41, 5.74) is 6.70. The molecule has 2 N–H and O–H groups in total. The van der Waals surface area contributed by atoms with Gasteiger partial charge in [0.25, 0.3) is 0 Å². The van der Waals surface area contributed by atoms with Gasteiger partial charge in [0, 0.05) is 12.0 Å². The van der Waals surface area contributed by atoms with Gasteiger partial charge >= 0.3 is 0 Å². The maximum Gasteiger partial charge on any atom is 0.141 e. The summed E-state index contributed by atoms with van der Waals surface area (Å²) in [4.78, 5) is 0. The molecule has 0 bridgehead atoms. The zero-order chi connectivity index (χ0) is 8.72. The molecule has 3 heteroatoms. The Labute approximate surface area is 75.3 Å². The Morgan fingerprint density at radius 2 is 2.17 bits per heavy atom. The van der Waals surface area contributed by atoms with Gasteiger partial charge in [-0.2, -0.15) is 0 Å². The Kier molecular flexibility index (Phi) is 1.81. The van der Waals surface area contributed by atoms with Crippen LogP contribution in [0, 0.1) is 5.82 Å². The first-order valence-corrected chi connectivity index (χ1v) is 4.27. The molecular weight excluding hydrogens is 177 g/mol. The molecule has 1 saturated carbocycles. The van der Waals surface area contributed by atoms with Crippen molar-refractivity contribution in [2.75, 3.05) is 0 Å². The van der Waals surface area contributed by atoms with Gasteiger partial charge in [-0.05, 0) is 24.1 Å². The Morgan fingerprint density at radius 1 is 1.50 bits per heavy atom. The minimum absolute atomic E-state index is 0.187. The van der Waals surface area contributed by atoms with Gasteiger partial charge < -0.3 is 5.73 Å². The van der Waals surface area contributed by atoms with E-state index in [4.69, 9.17) is 17.3 Å². The molecule has 0 aromatic heterocycles. The number of hydrogen-bond acceptors (Lipinski definition) is 1. The maximum absolute atomic E-state index is 12.7. The fourth-order valence-electron chi connectivity index (χ4n) is 1.34. The number of halogens is 2. The van der Waals surface area contributed by atoms with Crippen LogP contribution >= 0.6 is 11.6 Å². The molecule has 0 heterocycles. The van der Waals surface area contributed by atoms with E-state index in [0.29, 0.717) is 5.92 Å². The summed E-state index contributed by atoms with van der Waals surface area (Å²) in [5, 5.41) is 0.187. The van der Waals surface area contributed by atoms with Crippen LogP contribution in [0.3, 0.4) is 0 Å². The van der Waals surface area contributed by atoms with Crippen LogP contribution in [-0.4, -0.2) is 6.04 Å². The van der Waals surface area contributed by atoms with Gasteiger partial charge in [0.05, 0.1) is 5.02 Å². The summed E-state index contributed by atoms with van der Waals surface area (Å²) < 4.78 is 12.7. The molecule has 0 amide bonds. The zero-order valence-corrected chi connectivity index (χ0v) is 7.18. The van der Waals surface area contributed by atoms with Gasteiger partial charge in [-0.15, -0.1) is 0 Å². The predicted molar refractivity (Wildman–Crippen MR) is 46.7 cm³/mol. The molecule has 0 unspecified atom stereocenters. The molecule has 1 nitrogen and oxygen atoms in total. The zero-order valence-electron chi connectivity index (χ0n) is 6.43. The fourth-order valence-corrected chi connectivity index (χ4v) is 1.53. The molecule has 0 saturated heterocycles. The molecule has 2 atom stereocenters. The third-order valence-corrected chi connectivity index (χ3v) is 2.50. The monoisotopic (exact) mass is 185 g/mol. The molecule has 64 valence electrons. The van der Waals surface area contributed by atoms with E-state index in [1.807, 2.05) is 0 Å². The Hall–Kier alpha value is -0.600. The summed E-state index contributed by atoms with van der Waals surface area (Å²) >= 11 is 5.62. The van der Waals surface area contributed by atoms with Crippen molar-refractivity contribution in [2.24, 2.45) is 5.73 Å². The SMILES string of the molecule is N[C@@H]1C[C@@H]1c1ccc(F)c(Cl)c1. The van der Waals surface area contributed by atoms with Crippen molar-refractivity contribution < 1.29 is 4.39 Å². The van der Waals surface area contributed by atoms with E-state index < -0.39 is 0 Å². The number of benzene rings is 1. The predicted octanol–water partition coefficient (Wildman–Crippen LogP) is 2.29. The number of hydrogen-bond donors (Lipinski definition) is 1. The van der Waals surface area contributed by atoms with Crippen molar-refractivity contribution in [3.8, 4) is 0 Å². The first-order chi connectivity index (χ1) is 5.68. The van der Waals surface area contributed by atoms with Crippen molar-refractivity contribution in [3.05, 3.63) is 34.6 Å². The third-order valence-electron chi connectivity index (χ3n) is 2.21. The van der Waals surface area contributed by atoms with Crippen molar-refractivity contribution in [1.29, 1.82) is 0 Å². The summed E-state index contributed by atoms with van der Waals surface area (Å²) in [7, 11) is 0. The molecule has 12 heavy (non-hydrogen) atoms. The molecule has 0 spiro atoms. The largest absolute Gasteiger partial charge is 0.327 e. The number of nitrogens with two attached hydrogens (primary N) is 1. The van der Waals surface area contributed by atoms with Crippen LogP contribution in [0.2, 0.25) is 5.02 Å². The lowest BCUT2D eigenvalue weighted by molar-refractivity contribution is 0.627. The second-order valence-electron chi connectivity index (χ2n) is 3.18. The minimum atomic E-state index is -0.366. The fraction of sp³-hybridized carbons (Fsp3) is 0.333. The van der Waals surface area contributed by atoms with Gasteiger partial charge in [-0.3, -0.25) is 0 Å². The van der Waals surface area contributed by atoms with Crippen molar-refractivity contribution in [2.45, 2.75) is 18.4 Å².